The Morgan fingerprint density at radius 1 is 1.30 bits per heavy atom. The summed E-state index contributed by atoms with van der Waals surface area (Å²) in [5.74, 6) is 0.622. The molecule has 0 unspecified atom stereocenters. The van der Waals surface area contributed by atoms with Gasteiger partial charge < -0.3 is 9.32 Å². The van der Waals surface area contributed by atoms with E-state index in [0.29, 0.717) is 6.54 Å². The summed E-state index contributed by atoms with van der Waals surface area (Å²) in [7, 11) is 0. The van der Waals surface area contributed by atoms with Crippen LogP contribution in [-0.2, 0) is 11.2 Å². The maximum absolute atomic E-state index is 12.0. The molecule has 0 atom stereocenters. The fourth-order valence-electron chi connectivity index (χ4n) is 2.66. The standard InChI is InChI=1S/C18H19N3O2/c22-18(20-19-11-3-8-16-9-5-13-23-16)14-21-12-4-7-15-6-1-2-10-17(15)21/h1-3,5-6,8-11,13H,4,7,12,14H2,(H,20,22). The second-order valence-corrected chi connectivity index (χ2v) is 5.34. The van der Waals surface area contributed by atoms with Gasteiger partial charge in [-0.1, -0.05) is 18.2 Å². The second-order valence-electron chi connectivity index (χ2n) is 5.34. The fraction of sp³-hybridized carbons (Fsp3) is 0.222. The van der Waals surface area contributed by atoms with Gasteiger partial charge in [0, 0.05) is 18.4 Å². The van der Waals surface area contributed by atoms with Crippen molar-refractivity contribution in [1.29, 1.82) is 0 Å². The summed E-state index contributed by atoms with van der Waals surface area (Å²) in [6.07, 6.45) is 8.77. The van der Waals surface area contributed by atoms with Gasteiger partial charge in [0.05, 0.1) is 12.8 Å². The number of hydrogen-bond donors (Lipinski definition) is 1. The maximum atomic E-state index is 12.0. The van der Waals surface area contributed by atoms with Crippen molar-refractivity contribution in [3.05, 3.63) is 60.1 Å². The molecule has 0 saturated heterocycles. The molecule has 5 nitrogen and oxygen atoms in total. The molecule has 1 aromatic carbocycles. The molecule has 0 spiro atoms. The lowest BCUT2D eigenvalue weighted by atomic mass is 10.0. The van der Waals surface area contributed by atoms with E-state index in [1.807, 2.05) is 24.3 Å². The van der Waals surface area contributed by atoms with Crippen LogP contribution >= 0.6 is 0 Å². The Morgan fingerprint density at radius 2 is 2.22 bits per heavy atom. The van der Waals surface area contributed by atoms with E-state index in [1.54, 1.807) is 18.4 Å². The third-order valence-corrected chi connectivity index (χ3v) is 3.69. The smallest absolute Gasteiger partial charge is 0.259 e. The normalized spacial score (nSPS) is 14.3. The first kappa shape index (κ1) is 15.1. The molecule has 23 heavy (non-hydrogen) atoms. The quantitative estimate of drug-likeness (QED) is 0.682. The molecule has 1 aliphatic heterocycles. The number of amides is 1. The van der Waals surface area contributed by atoms with E-state index in [2.05, 4.69) is 27.6 Å². The number of carbonyl (C=O) groups is 1. The summed E-state index contributed by atoms with van der Waals surface area (Å²) >= 11 is 0. The zero-order valence-electron chi connectivity index (χ0n) is 12.8. The molecule has 1 amide bonds. The number of nitrogens with zero attached hydrogens (tertiary/aromatic N) is 2. The highest BCUT2D eigenvalue weighted by Crippen LogP contribution is 2.26. The van der Waals surface area contributed by atoms with Crippen molar-refractivity contribution in [2.45, 2.75) is 12.8 Å². The molecule has 0 fully saturated rings. The van der Waals surface area contributed by atoms with Crippen LogP contribution in [0.3, 0.4) is 0 Å². The van der Waals surface area contributed by atoms with Crippen molar-refractivity contribution in [2.24, 2.45) is 5.10 Å². The number of anilines is 1. The van der Waals surface area contributed by atoms with Crippen molar-refractivity contribution >= 4 is 23.9 Å². The van der Waals surface area contributed by atoms with E-state index >= 15 is 0 Å². The van der Waals surface area contributed by atoms with E-state index in [1.165, 1.54) is 11.8 Å². The van der Waals surface area contributed by atoms with Gasteiger partial charge in [0.1, 0.15) is 5.76 Å². The first-order chi connectivity index (χ1) is 11.3. The average molecular weight is 309 g/mol. The summed E-state index contributed by atoms with van der Waals surface area (Å²) in [4.78, 5) is 14.1. The van der Waals surface area contributed by atoms with Crippen LogP contribution < -0.4 is 10.3 Å². The van der Waals surface area contributed by atoms with Crippen molar-refractivity contribution in [1.82, 2.24) is 5.43 Å². The highest BCUT2D eigenvalue weighted by Gasteiger charge is 2.18. The minimum atomic E-state index is -0.121. The Kier molecular flexibility index (Phi) is 4.88. The number of hydrogen-bond acceptors (Lipinski definition) is 4. The van der Waals surface area contributed by atoms with Gasteiger partial charge in [-0.15, -0.1) is 0 Å². The van der Waals surface area contributed by atoms with Gasteiger partial charge in [0.15, 0.2) is 0 Å². The predicted octanol–water partition coefficient (Wildman–Crippen LogP) is 2.85. The molecular formula is C18H19N3O2. The third kappa shape index (κ3) is 4.10. The number of carbonyl (C=O) groups excluding carboxylic acids is 1. The molecule has 1 aromatic heterocycles. The molecule has 3 rings (SSSR count). The van der Waals surface area contributed by atoms with Crippen LogP contribution in [0.15, 0.2) is 58.3 Å². The van der Waals surface area contributed by atoms with Crippen molar-refractivity contribution in [2.75, 3.05) is 18.0 Å². The van der Waals surface area contributed by atoms with Crippen LogP contribution in [0.5, 0.6) is 0 Å². The first-order valence-electron chi connectivity index (χ1n) is 7.68. The lowest BCUT2D eigenvalue weighted by Gasteiger charge is -2.30. The number of para-hydroxylation sites is 1. The minimum Gasteiger partial charge on any atom is -0.465 e. The van der Waals surface area contributed by atoms with E-state index in [-0.39, 0.29) is 5.91 Å². The number of hydrazone groups is 1. The Bertz CT molecular complexity index is 705. The number of aryl methyl sites for hydroxylation is 1. The van der Waals surface area contributed by atoms with E-state index in [4.69, 9.17) is 4.42 Å². The molecule has 2 aromatic rings. The maximum Gasteiger partial charge on any atom is 0.259 e. The minimum absolute atomic E-state index is 0.121. The van der Waals surface area contributed by atoms with Gasteiger partial charge in [0.2, 0.25) is 0 Å². The SMILES string of the molecule is O=C(CN1CCCc2ccccc21)NN=CC=Cc1ccco1. The van der Waals surface area contributed by atoms with Gasteiger partial charge in [-0.2, -0.15) is 5.10 Å². The highest BCUT2D eigenvalue weighted by atomic mass is 16.3. The largest absolute Gasteiger partial charge is 0.465 e. The molecule has 1 aliphatic rings. The van der Waals surface area contributed by atoms with Crippen molar-refractivity contribution in [3.63, 3.8) is 0 Å². The molecule has 0 aliphatic carbocycles. The third-order valence-electron chi connectivity index (χ3n) is 3.69. The van der Waals surface area contributed by atoms with Gasteiger partial charge in [-0.25, -0.2) is 5.43 Å². The molecule has 0 saturated carbocycles. The van der Waals surface area contributed by atoms with E-state index in [0.717, 1.165) is 30.8 Å². The lowest BCUT2D eigenvalue weighted by Crippen LogP contribution is -2.38. The van der Waals surface area contributed by atoms with E-state index in [9.17, 15) is 4.79 Å². The Morgan fingerprint density at radius 3 is 3.09 bits per heavy atom. The average Bonchev–Trinajstić information content (AvgIpc) is 3.08. The van der Waals surface area contributed by atoms with Crippen LogP contribution in [0, 0.1) is 0 Å². The summed E-state index contributed by atoms with van der Waals surface area (Å²) in [5, 5.41) is 3.91. The zero-order chi connectivity index (χ0) is 15.9. The lowest BCUT2D eigenvalue weighted by molar-refractivity contribution is -0.119. The topological polar surface area (TPSA) is 57.8 Å². The Hall–Kier alpha value is -2.82. The van der Waals surface area contributed by atoms with Crippen LogP contribution in [0.25, 0.3) is 6.08 Å². The van der Waals surface area contributed by atoms with E-state index < -0.39 is 0 Å². The molecular weight excluding hydrogens is 290 g/mol. The summed E-state index contributed by atoms with van der Waals surface area (Å²) < 4.78 is 5.15. The van der Waals surface area contributed by atoms with Crippen LogP contribution in [0.1, 0.15) is 17.7 Å². The number of fused-ring (bicyclic) bond motifs is 1. The van der Waals surface area contributed by atoms with Gasteiger partial charge in [-0.3, -0.25) is 4.79 Å². The summed E-state index contributed by atoms with van der Waals surface area (Å²) in [5.41, 5.74) is 5.00. The number of furan rings is 1. The first-order valence-corrected chi connectivity index (χ1v) is 7.68. The van der Waals surface area contributed by atoms with Crippen LogP contribution in [0.2, 0.25) is 0 Å². The van der Waals surface area contributed by atoms with Gasteiger partial charge >= 0.3 is 0 Å². The molecule has 118 valence electrons. The number of benzene rings is 1. The highest BCUT2D eigenvalue weighted by molar-refractivity contribution is 5.84. The molecule has 1 N–H and O–H groups in total. The Balaban J connectivity index is 1.50. The molecule has 2 heterocycles. The number of nitrogens with one attached hydrogen (secondary N) is 1. The molecule has 0 bridgehead atoms. The fourth-order valence-corrected chi connectivity index (χ4v) is 2.66. The number of allylic oxidation sites excluding steroid dienone is 1. The predicted molar refractivity (Wildman–Crippen MR) is 91.4 cm³/mol. The molecule has 5 heteroatoms. The second kappa shape index (κ2) is 7.45. The van der Waals surface area contributed by atoms with Crippen molar-refractivity contribution < 1.29 is 9.21 Å². The zero-order valence-corrected chi connectivity index (χ0v) is 12.8. The monoisotopic (exact) mass is 309 g/mol. The molecule has 0 radical (unpaired) electrons. The Labute approximate surface area is 135 Å². The summed E-state index contributed by atoms with van der Waals surface area (Å²) in [6, 6.07) is 11.9. The van der Waals surface area contributed by atoms with Gasteiger partial charge in [0.25, 0.3) is 5.91 Å². The van der Waals surface area contributed by atoms with Crippen LogP contribution in [-0.4, -0.2) is 25.2 Å². The number of rotatable bonds is 5. The van der Waals surface area contributed by atoms with Crippen molar-refractivity contribution in [3.8, 4) is 0 Å². The van der Waals surface area contributed by atoms with Gasteiger partial charge in [-0.05, 0) is 48.8 Å². The van der Waals surface area contributed by atoms with Crippen LogP contribution in [0.4, 0.5) is 5.69 Å². The summed E-state index contributed by atoms with van der Waals surface area (Å²) in [6.45, 7) is 1.21.